The average Bonchev–Trinajstić information content (AvgIpc) is 3.42. The molecule has 1 unspecified atom stereocenters. The first-order valence-electron chi connectivity index (χ1n) is 9.37. The van der Waals surface area contributed by atoms with E-state index in [4.69, 9.17) is 0 Å². The molecule has 1 N–H and O–H groups in total. The summed E-state index contributed by atoms with van der Waals surface area (Å²) in [5, 5.41) is 8.34. The van der Waals surface area contributed by atoms with Gasteiger partial charge < -0.3 is 5.32 Å². The maximum Gasteiger partial charge on any atom is 0.266 e. The van der Waals surface area contributed by atoms with Crippen LogP contribution in [0.2, 0.25) is 0 Å². The van der Waals surface area contributed by atoms with Gasteiger partial charge in [-0.2, -0.15) is 0 Å². The van der Waals surface area contributed by atoms with Crippen molar-refractivity contribution >= 4 is 44.9 Å². The minimum atomic E-state index is -0.00364. The quantitative estimate of drug-likeness (QED) is 0.528. The highest BCUT2D eigenvalue weighted by atomic mass is 32.1. The fourth-order valence-electron chi connectivity index (χ4n) is 3.77. The number of aryl methyl sites for hydroxylation is 1. The zero-order chi connectivity index (χ0) is 18.8. The largest absolute Gasteiger partial charge is 0.313 e. The number of carbonyl (C=O) groups is 1. The number of likely N-dealkylation sites (tertiary alicyclic amines) is 1. The van der Waals surface area contributed by atoms with Gasteiger partial charge in [-0.1, -0.05) is 18.6 Å². The molecule has 142 valence electrons. The highest BCUT2D eigenvalue weighted by Crippen LogP contribution is 2.44. The van der Waals surface area contributed by atoms with Gasteiger partial charge in [0.15, 0.2) is 0 Å². The van der Waals surface area contributed by atoms with E-state index in [0.29, 0.717) is 0 Å². The second kappa shape index (κ2) is 8.27. The van der Waals surface area contributed by atoms with Gasteiger partial charge in [0.2, 0.25) is 0 Å². The Morgan fingerprint density at radius 1 is 1.07 bits per heavy atom. The lowest BCUT2D eigenvalue weighted by Gasteiger charge is -2.35. The third-order valence-corrected chi connectivity index (χ3v) is 8.18. The van der Waals surface area contributed by atoms with Crippen LogP contribution in [0.15, 0.2) is 35.0 Å². The molecule has 0 saturated carbocycles. The molecular formula is C21H24N2OS3. The van der Waals surface area contributed by atoms with Crippen LogP contribution in [-0.4, -0.2) is 23.9 Å². The average molecular weight is 417 g/mol. The number of hydrogen-bond acceptors (Lipinski definition) is 5. The van der Waals surface area contributed by atoms with Gasteiger partial charge >= 0.3 is 0 Å². The first kappa shape index (κ1) is 18.9. The van der Waals surface area contributed by atoms with Crippen LogP contribution in [0.3, 0.4) is 0 Å². The van der Waals surface area contributed by atoms with Gasteiger partial charge in [-0.3, -0.25) is 9.69 Å². The molecule has 3 aromatic heterocycles. The molecule has 27 heavy (non-hydrogen) atoms. The highest BCUT2D eigenvalue weighted by Gasteiger charge is 2.30. The Balaban J connectivity index is 1.74. The van der Waals surface area contributed by atoms with E-state index < -0.39 is 0 Å². The van der Waals surface area contributed by atoms with E-state index in [9.17, 15) is 4.79 Å². The van der Waals surface area contributed by atoms with Gasteiger partial charge in [-0.25, -0.2) is 0 Å². The molecule has 4 rings (SSSR count). The van der Waals surface area contributed by atoms with Crippen molar-refractivity contribution in [2.45, 2.75) is 39.2 Å². The lowest BCUT2D eigenvalue weighted by molar-refractivity contribution is 0.103. The molecule has 0 aromatic carbocycles. The van der Waals surface area contributed by atoms with E-state index in [-0.39, 0.29) is 11.9 Å². The van der Waals surface area contributed by atoms with Crippen molar-refractivity contribution in [3.63, 3.8) is 0 Å². The van der Waals surface area contributed by atoms with Crippen molar-refractivity contribution in [1.29, 1.82) is 0 Å². The lowest BCUT2D eigenvalue weighted by Crippen LogP contribution is -2.34. The van der Waals surface area contributed by atoms with Crippen molar-refractivity contribution < 1.29 is 4.79 Å². The Kier molecular flexibility index (Phi) is 5.78. The molecule has 0 aliphatic carbocycles. The first-order chi connectivity index (χ1) is 13.1. The summed E-state index contributed by atoms with van der Waals surface area (Å²) in [5.41, 5.74) is 2.59. The number of thiophene rings is 3. The molecule has 4 heterocycles. The van der Waals surface area contributed by atoms with Crippen molar-refractivity contribution in [3.05, 3.63) is 60.8 Å². The predicted molar refractivity (Wildman–Crippen MR) is 118 cm³/mol. The Hall–Kier alpha value is -1.47. The van der Waals surface area contributed by atoms with Gasteiger partial charge in [0.25, 0.3) is 5.91 Å². The van der Waals surface area contributed by atoms with Gasteiger partial charge in [0.1, 0.15) is 5.00 Å². The van der Waals surface area contributed by atoms with Gasteiger partial charge in [-0.05, 0) is 68.2 Å². The monoisotopic (exact) mass is 416 g/mol. The SMILES string of the molecule is Cc1sc(NC(=O)c2cccs2)c(C(c2cccs2)N2CCCCC2)c1C. The number of piperidine rings is 1. The second-order valence-corrected chi connectivity index (χ2v) is 10.1. The van der Waals surface area contributed by atoms with E-state index in [0.717, 1.165) is 23.0 Å². The van der Waals surface area contributed by atoms with Crippen LogP contribution in [0.25, 0.3) is 0 Å². The minimum Gasteiger partial charge on any atom is -0.313 e. The van der Waals surface area contributed by atoms with Gasteiger partial charge in [0, 0.05) is 15.3 Å². The van der Waals surface area contributed by atoms with Crippen LogP contribution in [-0.2, 0) is 0 Å². The van der Waals surface area contributed by atoms with Crippen LogP contribution in [0, 0.1) is 13.8 Å². The third-order valence-electron chi connectivity index (χ3n) is 5.25. The Morgan fingerprint density at radius 2 is 1.81 bits per heavy atom. The zero-order valence-electron chi connectivity index (χ0n) is 15.7. The number of anilines is 1. The van der Waals surface area contributed by atoms with Crippen LogP contribution in [0.4, 0.5) is 5.00 Å². The van der Waals surface area contributed by atoms with Gasteiger partial charge in [-0.15, -0.1) is 34.0 Å². The van der Waals surface area contributed by atoms with Crippen LogP contribution >= 0.6 is 34.0 Å². The van der Waals surface area contributed by atoms with E-state index in [1.807, 2.05) is 28.8 Å². The van der Waals surface area contributed by atoms with Crippen molar-refractivity contribution in [1.82, 2.24) is 4.90 Å². The Bertz CT molecular complexity index is 890. The smallest absolute Gasteiger partial charge is 0.266 e. The fourth-order valence-corrected chi connectivity index (χ4v) is 6.34. The number of hydrogen-bond donors (Lipinski definition) is 1. The third kappa shape index (κ3) is 3.90. The van der Waals surface area contributed by atoms with E-state index in [2.05, 4.69) is 41.6 Å². The zero-order valence-corrected chi connectivity index (χ0v) is 18.1. The molecule has 1 aliphatic rings. The maximum atomic E-state index is 12.7. The number of rotatable bonds is 5. The number of nitrogens with zero attached hydrogens (tertiary/aromatic N) is 1. The summed E-state index contributed by atoms with van der Waals surface area (Å²) in [6, 6.07) is 8.41. The molecule has 0 radical (unpaired) electrons. The number of carbonyl (C=O) groups excluding carboxylic acids is 1. The predicted octanol–water partition coefficient (Wildman–Crippen LogP) is 6.32. The molecular weight excluding hydrogens is 392 g/mol. The molecule has 0 bridgehead atoms. The molecule has 1 fully saturated rings. The van der Waals surface area contributed by atoms with Crippen LogP contribution in [0.1, 0.15) is 55.9 Å². The minimum absolute atomic E-state index is 0.00364. The number of amides is 1. The summed E-state index contributed by atoms with van der Waals surface area (Å²) in [6.07, 6.45) is 3.82. The van der Waals surface area contributed by atoms with Crippen LogP contribution < -0.4 is 5.32 Å². The molecule has 3 aromatic rings. The standard InChI is InChI=1S/C21H24N2OS3/c1-14-15(2)27-21(22-20(24)17-9-7-13-26-17)18(14)19(16-8-6-12-25-16)23-10-4-3-5-11-23/h6-9,12-13,19H,3-5,10-11H2,1-2H3,(H,22,24). The van der Waals surface area contributed by atoms with Gasteiger partial charge in [0.05, 0.1) is 10.9 Å². The molecule has 1 amide bonds. The molecule has 3 nitrogen and oxygen atoms in total. The summed E-state index contributed by atoms with van der Waals surface area (Å²) in [5.74, 6) is -0.00364. The van der Waals surface area contributed by atoms with Crippen molar-refractivity contribution in [3.8, 4) is 0 Å². The molecule has 1 saturated heterocycles. The molecule has 1 aliphatic heterocycles. The molecule has 1 atom stereocenters. The summed E-state index contributed by atoms with van der Waals surface area (Å²) >= 11 is 5.01. The van der Waals surface area contributed by atoms with E-state index >= 15 is 0 Å². The summed E-state index contributed by atoms with van der Waals surface area (Å²) in [6.45, 7) is 6.60. The lowest BCUT2D eigenvalue weighted by atomic mass is 9.98. The normalized spacial score (nSPS) is 16.4. The Labute approximate surface area is 172 Å². The van der Waals surface area contributed by atoms with Crippen LogP contribution in [0.5, 0.6) is 0 Å². The fraction of sp³-hybridized carbons (Fsp3) is 0.381. The summed E-state index contributed by atoms with van der Waals surface area (Å²) < 4.78 is 0. The second-order valence-electron chi connectivity index (χ2n) is 6.97. The van der Waals surface area contributed by atoms with Crippen molar-refractivity contribution in [2.75, 3.05) is 18.4 Å². The summed E-state index contributed by atoms with van der Waals surface area (Å²) in [4.78, 5) is 18.7. The topological polar surface area (TPSA) is 32.3 Å². The maximum absolute atomic E-state index is 12.7. The Morgan fingerprint density at radius 3 is 2.48 bits per heavy atom. The number of nitrogens with one attached hydrogen (secondary N) is 1. The van der Waals surface area contributed by atoms with E-state index in [1.165, 1.54) is 51.5 Å². The van der Waals surface area contributed by atoms with E-state index in [1.54, 1.807) is 11.3 Å². The molecule has 6 heteroatoms. The highest BCUT2D eigenvalue weighted by molar-refractivity contribution is 7.17. The first-order valence-corrected chi connectivity index (χ1v) is 11.9. The molecule has 0 spiro atoms. The summed E-state index contributed by atoms with van der Waals surface area (Å²) in [7, 11) is 0. The van der Waals surface area contributed by atoms with Crippen molar-refractivity contribution in [2.24, 2.45) is 0 Å².